The summed E-state index contributed by atoms with van der Waals surface area (Å²) in [6, 6.07) is 4.12. The van der Waals surface area contributed by atoms with Crippen LogP contribution in [0.4, 0.5) is 5.95 Å². The Bertz CT molecular complexity index is 1260. The van der Waals surface area contributed by atoms with Crippen LogP contribution < -0.4 is 5.32 Å². The third kappa shape index (κ3) is 3.47. The van der Waals surface area contributed by atoms with Gasteiger partial charge >= 0.3 is 0 Å². The van der Waals surface area contributed by atoms with E-state index in [2.05, 4.69) is 35.3 Å². The van der Waals surface area contributed by atoms with Gasteiger partial charge < -0.3 is 15.2 Å². The first-order valence-corrected chi connectivity index (χ1v) is 11.4. The van der Waals surface area contributed by atoms with Gasteiger partial charge in [0.05, 0.1) is 11.9 Å². The minimum atomic E-state index is 0.182. The summed E-state index contributed by atoms with van der Waals surface area (Å²) in [5.41, 5.74) is 3.41. The van der Waals surface area contributed by atoms with Crippen LogP contribution in [0, 0.1) is 5.92 Å². The topological polar surface area (TPSA) is 104 Å². The number of carbonyl (C=O) groups excluding carboxylic acids is 1. The summed E-state index contributed by atoms with van der Waals surface area (Å²) in [5, 5.41) is 8.61. The Kier molecular flexibility index (Phi) is 4.74. The summed E-state index contributed by atoms with van der Waals surface area (Å²) >= 11 is 0. The van der Waals surface area contributed by atoms with Crippen LogP contribution in [-0.4, -0.2) is 59.5 Å². The smallest absolute Gasteiger partial charge is 0.225 e. The second-order valence-corrected chi connectivity index (χ2v) is 8.83. The van der Waals surface area contributed by atoms with E-state index in [4.69, 9.17) is 0 Å². The number of H-pyrrole nitrogens is 1. The molecule has 2 fully saturated rings. The molecule has 4 aromatic rings. The lowest BCUT2D eigenvalue weighted by Crippen LogP contribution is -2.37. The molecule has 9 nitrogen and oxygen atoms in total. The van der Waals surface area contributed by atoms with Gasteiger partial charge in [-0.3, -0.25) is 4.79 Å². The molecule has 0 unspecified atom stereocenters. The van der Waals surface area contributed by atoms with E-state index in [9.17, 15) is 4.79 Å². The summed E-state index contributed by atoms with van der Waals surface area (Å²) in [4.78, 5) is 31.9. The van der Waals surface area contributed by atoms with Gasteiger partial charge in [-0.2, -0.15) is 10.1 Å². The van der Waals surface area contributed by atoms with Crippen molar-refractivity contribution in [2.75, 3.05) is 18.4 Å². The predicted molar refractivity (Wildman–Crippen MR) is 121 cm³/mol. The van der Waals surface area contributed by atoms with E-state index in [0.717, 1.165) is 79.6 Å². The summed E-state index contributed by atoms with van der Waals surface area (Å²) in [5.74, 6) is 1.17. The van der Waals surface area contributed by atoms with Gasteiger partial charge in [0.1, 0.15) is 5.65 Å². The van der Waals surface area contributed by atoms with Gasteiger partial charge in [0.25, 0.3) is 0 Å². The zero-order valence-corrected chi connectivity index (χ0v) is 17.9. The van der Waals surface area contributed by atoms with Crippen molar-refractivity contribution in [1.82, 2.24) is 34.4 Å². The van der Waals surface area contributed by atoms with Crippen molar-refractivity contribution in [3.8, 4) is 11.3 Å². The summed E-state index contributed by atoms with van der Waals surface area (Å²) in [6.07, 6.45) is 13.5. The zero-order chi connectivity index (χ0) is 21.5. The van der Waals surface area contributed by atoms with Crippen LogP contribution in [-0.2, 0) is 4.79 Å². The van der Waals surface area contributed by atoms with E-state index in [1.54, 1.807) is 10.7 Å². The van der Waals surface area contributed by atoms with E-state index < -0.39 is 0 Å². The molecule has 1 aliphatic carbocycles. The first-order valence-electron chi connectivity index (χ1n) is 11.4. The molecule has 0 bridgehead atoms. The number of aromatic nitrogens is 6. The van der Waals surface area contributed by atoms with E-state index in [-0.39, 0.29) is 5.92 Å². The van der Waals surface area contributed by atoms with Crippen LogP contribution in [0.5, 0.6) is 0 Å². The van der Waals surface area contributed by atoms with Crippen LogP contribution in [0.3, 0.4) is 0 Å². The number of carbonyl (C=O) groups is 1. The van der Waals surface area contributed by atoms with Crippen molar-refractivity contribution in [2.45, 2.75) is 44.6 Å². The van der Waals surface area contributed by atoms with E-state index >= 15 is 0 Å². The van der Waals surface area contributed by atoms with Crippen LogP contribution in [0.2, 0.25) is 0 Å². The Balaban J connectivity index is 1.14. The first kappa shape index (κ1) is 19.2. The third-order valence-electron chi connectivity index (χ3n) is 6.79. The number of likely N-dealkylation sites (tertiary alicyclic amines) is 1. The number of anilines is 1. The number of nitrogens with zero attached hydrogens (tertiary/aromatic N) is 6. The lowest BCUT2D eigenvalue weighted by atomic mass is 9.85. The minimum absolute atomic E-state index is 0.182. The number of aromatic amines is 1. The van der Waals surface area contributed by atoms with Crippen molar-refractivity contribution >= 4 is 28.5 Å². The van der Waals surface area contributed by atoms with Gasteiger partial charge in [0.15, 0.2) is 5.65 Å². The van der Waals surface area contributed by atoms with Crippen LogP contribution >= 0.6 is 0 Å². The van der Waals surface area contributed by atoms with Crippen LogP contribution in [0.1, 0.15) is 38.5 Å². The van der Waals surface area contributed by atoms with Crippen molar-refractivity contribution in [3.05, 3.63) is 36.9 Å². The maximum Gasteiger partial charge on any atom is 0.225 e. The SMILES string of the molecule is O=C([C@H]1CC[C@@H](Nc2ncc3c(-c4ccn5nccc5n4)c[nH]c3n2)CC1)N1CCCC1. The Labute approximate surface area is 185 Å². The van der Waals surface area contributed by atoms with Crippen molar-refractivity contribution in [1.29, 1.82) is 0 Å². The Morgan fingerprint density at radius 1 is 1.09 bits per heavy atom. The molecule has 4 aromatic heterocycles. The molecule has 6 rings (SSSR count). The van der Waals surface area contributed by atoms with Gasteiger partial charge in [0, 0.05) is 60.7 Å². The molecule has 1 saturated heterocycles. The summed E-state index contributed by atoms with van der Waals surface area (Å²) in [6.45, 7) is 1.88. The molecule has 2 aliphatic rings. The fourth-order valence-corrected chi connectivity index (χ4v) is 5.01. The monoisotopic (exact) mass is 430 g/mol. The summed E-state index contributed by atoms with van der Waals surface area (Å²) in [7, 11) is 0. The number of nitrogens with one attached hydrogen (secondary N) is 2. The van der Waals surface area contributed by atoms with Crippen LogP contribution in [0.15, 0.2) is 36.9 Å². The lowest BCUT2D eigenvalue weighted by Gasteiger charge is -2.30. The maximum atomic E-state index is 12.7. The number of fused-ring (bicyclic) bond motifs is 2. The maximum absolute atomic E-state index is 12.7. The van der Waals surface area contributed by atoms with E-state index in [1.807, 2.05) is 30.7 Å². The number of hydrogen-bond donors (Lipinski definition) is 2. The molecule has 32 heavy (non-hydrogen) atoms. The van der Waals surface area contributed by atoms with E-state index in [1.165, 1.54) is 0 Å². The van der Waals surface area contributed by atoms with Gasteiger partial charge in [-0.15, -0.1) is 0 Å². The molecular formula is C23H26N8O. The molecule has 0 radical (unpaired) electrons. The Morgan fingerprint density at radius 2 is 1.94 bits per heavy atom. The number of amides is 1. The van der Waals surface area contributed by atoms with Crippen LogP contribution in [0.25, 0.3) is 27.9 Å². The average Bonchev–Trinajstić information content (AvgIpc) is 3.59. The highest BCUT2D eigenvalue weighted by Gasteiger charge is 2.30. The molecule has 2 N–H and O–H groups in total. The van der Waals surface area contributed by atoms with Crippen molar-refractivity contribution in [3.63, 3.8) is 0 Å². The van der Waals surface area contributed by atoms with Gasteiger partial charge in [-0.25, -0.2) is 14.5 Å². The molecule has 1 aliphatic heterocycles. The molecule has 0 spiro atoms. The molecule has 5 heterocycles. The Morgan fingerprint density at radius 3 is 2.78 bits per heavy atom. The fourth-order valence-electron chi connectivity index (χ4n) is 5.01. The highest BCUT2D eigenvalue weighted by molar-refractivity contribution is 5.92. The Hall–Kier alpha value is -3.49. The van der Waals surface area contributed by atoms with Gasteiger partial charge in [0.2, 0.25) is 11.9 Å². The standard InChI is InChI=1S/C23H26N8O/c32-22(30-10-1-2-11-30)15-3-5-16(6-4-15)27-23-25-14-18-17(13-24-21(18)29-23)19-8-12-31-20(28-19)7-9-26-31/h7-9,12-16H,1-6,10-11H2,(H2,24,25,27,29)/t15-,16+. The lowest BCUT2D eigenvalue weighted by molar-refractivity contribution is -0.135. The predicted octanol–water partition coefficient (Wildman–Crippen LogP) is 3.26. The second-order valence-electron chi connectivity index (χ2n) is 8.83. The second kappa shape index (κ2) is 7.89. The number of hydrogen-bond acceptors (Lipinski definition) is 6. The first-order chi connectivity index (χ1) is 15.7. The molecule has 0 aromatic carbocycles. The zero-order valence-electron chi connectivity index (χ0n) is 17.9. The number of rotatable bonds is 4. The normalized spacial score (nSPS) is 21.4. The minimum Gasteiger partial charge on any atom is -0.351 e. The highest BCUT2D eigenvalue weighted by Crippen LogP contribution is 2.30. The highest BCUT2D eigenvalue weighted by atomic mass is 16.2. The van der Waals surface area contributed by atoms with Crippen molar-refractivity contribution in [2.24, 2.45) is 5.92 Å². The van der Waals surface area contributed by atoms with Crippen molar-refractivity contribution < 1.29 is 4.79 Å². The quantitative estimate of drug-likeness (QED) is 0.515. The van der Waals surface area contributed by atoms with Gasteiger partial charge in [-0.05, 0) is 44.6 Å². The molecule has 0 atom stereocenters. The molecular weight excluding hydrogens is 404 g/mol. The fraction of sp³-hybridized carbons (Fsp3) is 0.435. The van der Waals surface area contributed by atoms with Gasteiger partial charge in [-0.1, -0.05) is 0 Å². The van der Waals surface area contributed by atoms with E-state index in [0.29, 0.717) is 17.9 Å². The molecule has 1 amide bonds. The molecule has 1 saturated carbocycles. The molecule has 164 valence electrons. The average molecular weight is 431 g/mol. The third-order valence-corrected chi connectivity index (χ3v) is 6.79. The molecule has 9 heteroatoms. The largest absolute Gasteiger partial charge is 0.351 e. The summed E-state index contributed by atoms with van der Waals surface area (Å²) < 4.78 is 1.74.